The molecular formula is C14H24N4O2S. The van der Waals surface area contributed by atoms with Crippen LogP contribution in [0.25, 0.3) is 0 Å². The molecule has 21 heavy (non-hydrogen) atoms. The highest BCUT2D eigenvalue weighted by molar-refractivity contribution is 7.89. The molecule has 0 bridgehead atoms. The van der Waals surface area contributed by atoms with Crippen LogP contribution < -0.4 is 5.32 Å². The minimum atomic E-state index is -3.35. The monoisotopic (exact) mass is 312 g/mol. The van der Waals surface area contributed by atoms with Gasteiger partial charge in [0.2, 0.25) is 10.0 Å². The lowest BCUT2D eigenvalue weighted by Gasteiger charge is -2.33. The predicted molar refractivity (Wildman–Crippen MR) is 81.5 cm³/mol. The van der Waals surface area contributed by atoms with E-state index in [1.54, 1.807) is 16.6 Å². The largest absolute Gasteiger partial charge is 0.352 e. The lowest BCUT2D eigenvalue weighted by atomic mass is 10.3. The standard InChI is InChI=1S/C14H24N4O2S/c1-15-10-13-9-14(11-16(13)2)21(19,20)18-7-5-17(6-8-18)12-3-4-12/h9,11-12,15H,3-8,10H2,1-2H3. The Labute approximate surface area is 126 Å². The molecule has 1 aliphatic heterocycles. The summed E-state index contributed by atoms with van der Waals surface area (Å²) < 4.78 is 29.0. The summed E-state index contributed by atoms with van der Waals surface area (Å²) in [6, 6.07) is 2.49. The number of piperazine rings is 1. The molecule has 1 saturated carbocycles. The summed E-state index contributed by atoms with van der Waals surface area (Å²) in [7, 11) is 0.392. The zero-order chi connectivity index (χ0) is 15.0. The molecular weight excluding hydrogens is 288 g/mol. The fourth-order valence-corrected chi connectivity index (χ4v) is 4.49. The SMILES string of the molecule is CNCc1cc(S(=O)(=O)N2CCN(C3CC3)CC2)cn1C. The van der Waals surface area contributed by atoms with Crippen molar-refractivity contribution in [1.82, 2.24) is 19.1 Å². The van der Waals surface area contributed by atoms with E-state index in [4.69, 9.17) is 0 Å². The number of aromatic nitrogens is 1. The van der Waals surface area contributed by atoms with E-state index in [9.17, 15) is 8.42 Å². The molecule has 118 valence electrons. The maximum Gasteiger partial charge on any atom is 0.244 e. The van der Waals surface area contributed by atoms with Gasteiger partial charge in [-0.1, -0.05) is 0 Å². The topological polar surface area (TPSA) is 57.6 Å². The molecule has 1 aliphatic carbocycles. The normalized spacial score (nSPS) is 21.8. The van der Waals surface area contributed by atoms with Crippen molar-refractivity contribution in [3.05, 3.63) is 18.0 Å². The molecule has 0 radical (unpaired) electrons. The van der Waals surface area contributed by atoms with Crippen LogP contribution in [0.1, 0.15) is 18.5 Å². The van der Waals surface area contributed by atoms with E-state index in [0.29, 0.717) is 30.6 Å². The predicted octanol–water partition coefficient (Wildman–Crippen LogP) is 0.213. The first-order valence-electron chi connectivity index (χ1n) is 7.56. The molecule has 6 nitrogen and oxygen atoms in total. The van der Waals surface area contributed by atoms with Gasteiger partial charge in [-0.25, -0.2) is 8.42 Å². The number of nitrogens with zero attached hydrogens (tertiary/aromatic N) is 3. The quantitative estimate of drug-likeness (QED) is 0.845. The van der Waals surface area contributed by atoms with Crippen LogP contribution in [0.15, 0.2) is 17.2 Å². The Morgan fingerprint density at radius 3 is 2.48 bits per heavy atom. The Morgan fingerprint density at radius 1 is 1.24 bits per heavy atom. The highest BCUT2D eigenvalue weighted by atomic mass is 32.2. The summed E-state index contributed by atoms with van der Waals surface area (Å²) in [4.78, 5) is 2.83. The molecule has 1 saturated heterocycles. The second kappa shape index (κ2) is 5.72. The second-order valence-corrected chi connectivity index (χ2v) is 7.92. The van der Waals surface area contributed by atoms with Crippen LogP contribution in [0.2, 0.25) is 0 Å². The third kappa shape index (κ3) is 3.01. The van der Waals surface area contributed by atoms with E-state index in [1.165, 1.54) is 12.8 Å². The highest BCUT2D eigenvalue weighted by Crippen LogP contribution is 2.28. The molecule has 0 spiro atoms. The Balaban J connectivity index is 1.72. The van der Waals surface area contributed by atoms with E-state index < -0.39 is 10.0 Å². The van der Waals surface area contributed by atoms with Crippen molar-refractivity contribution >= 4 is 10.0 Å². The van der Waals surface area contributed by atoms with Crippen LogP contribution in [-0.2, 0) is 23.6 Å². The number of rotatable bonds is 5. The Kier molecular flexibility index (Phi) is 4.09. The Hall–Kier alpha value is -0.890. The van der Waals surface area contributed by atoms with Gasteiger partial charge >= 0.3 is 0 Å². The van der Waals surface area contributed by atoms with Gasteiger partial charge in [-0.2, -0.15) is 4.31 Å². The minimum Gasteiger partial charge on any atom is -0.352 e. The zero-order valence-corrected chi connectivity index (χ0v) is 13.6. The molecule has 2 fully saturated rings. The van der Waals surface area contributed by atoms with E-state index in [2.05, 4.69) is 10.2 Å². The molecule has 1 N–H and O–H groups in total. The van der Waals surface area contributed by atoms with Gasteiger partial charge < -0.3 is 9.88 Å². The van der Waals surface area contributed by atoms with Gasteiger partial charge in [0.25, 0.3) is 0 Å². The lowest BCUT2D eigenvalue weighted by molar-refractivity contribution is 0.180. The van der Waals surface area contributed by atoms with Gasteiger partial charge in [-0.15, -0.1) is 0 Å². The average molecular weight is 312 g/mol. The van der Waals surface area contributed by atoms with Crippen molar-refractivity contribution in [2.75, 3.05) is 33.2 Å². The van der Waals surface area contributed by atoms with Crippen LogP contribution in [-0.4, -0.2) is 61.5 Å². The van der Waals surface area contributed by atoms with E-state index in [0.717, 1.165) is 18.8 Å². The second-order valence-electron chi connectivity index (χ2n) is 5.98. The van der Waals surface area contributed by atoms with Crippen molar-refractivity contribution in [2.45, 2.75) is 30.3 Å². The average Bonchev–Trinajstić information content (AvgIpc) is 3.25. The third-order valence-electron chi connectivity index (χ3n) is 4.41. The number of nitrogens with one attached hydrogen (secondary N) is 1. The van der Waals surface area contributed by atoms with Gasteiger partial charge in [-0.3, -0.25) is 4.90 Å². The molecule has 0 unspecified atom stereocenters. The molecule has 2 heterocycles. The molecule has 2 aliphatic rings. The molecule has 0 atom stereocenters. The molecule has 3 rings (SSSR count). The van der Waals surface area contributed by atoms with Gasteiger partial charge in [0.1, 0.15) is 4.90 Å². The summed E-state index contributed by atoms with van der Waals surface area (Å²) in [5.41, 5.74) is 0.979. The summed E-state index contributed by atoms with van der Waals surface area (Å²) in [5.74, 6) is 0. The molecule has 1 aromatic heterocycles. The van der Waals surface area contributed by atoms with E-state index in [-0.39, 0.29) is 0 Å². The summed E-state index contributed by atoms with van der Waals surface area (Å²) in [5, 5.41) is 3.06. The molecule has 0 amide bonds. The van der Waals surface area contributed by atoms with E-state index >= 15 is 0 Å². The first-order chi connectivity index (χ1) is 10.0. The van der Waals surface area contributed by atoms with Crippen molar-refractivity contribution in [3.8, 4) is 0 Å². The summed E-state index contributed by atoms with van der Waals surface area (Å²) in [6.07, 6.45) is 4.27. The number of hydrogen-bond donors (Lipinski definition) is 1. The van der Waals surface area contributed by atoms with Crippen molar-refractivity contribution in [2.24, 2.45) is 7.05 Å². The fourth-order valence-electron chi connectivity index (χ4n) is 2.97. The summed E-state index contributed by atoms with van der Waals surface area (Å²) >= 11 is 0. The van der Waals surface area contributed by atoms with Crippen LogP contribution >= 0.6 is 0 Å². The Morgan fingerprint density at radius 2 is 1.90 bits per heavy atom. The van der Waals surface area contributed by atoms with Gasteiger partial charge in [-0.05, 0) is 26.0 Å². The fraction of sp³-hybridized carbons (Fsp3) is 0.714. The highest BCUT2D eigenvalue weighted by Gasteiger charge is 2.35. The van der Waals surface area contributed by atoms with Crippen molar-refractivity contribution < 1.29 is 8.42 Å². The molecule has 0 aromatic carbocycles. The smallest absolute Gasteiger partial charge is 0.244 e. The third-order valence-corrected chi connectivity index (χ3v) is 6.28. The zero-order valence-electron chi connectivity index (χ0n) is 12.7. The molecule has 1 aromatic rings. The Bertz CT molecular complexity index is 598. The van der Waals surface area contributed by atoms with Crippen molar-refractivity contribution in [3.63, 3.8) is 0 Å². The maximum absolute atomic E-state index is 12.7. The summed E-state index contributed by atoms with van der Waals surface area (Å²) in [6.45, 7) is 3.60. The van der Waals surface area contributed by atoms with Crippen LogP contribution in [0.5, 0.6) is 0 Å². The first kappa shape index (κ1) is 15.0. The van der Waals surface area contributed by atoms with Gasteiger partial charge in [0, 0.05) is 57.7 Å². The van der Waals surface area contributed by atoms with Gasteiger partial charge in [0.15, 0.2) is 0 Å². The van der Waals surface area contributed by atoms with Crippen LogP contribution in [0.3, 0.4) is 0 Å². The number of hydrogen-bond acceptors (Lipinski definition) is 4. The van der Waals surface area contributed by atoms with Crippen LogP contribution in [0, 0.1) is 0 Å². The number of sulfonamides is 1. The minimum absolute atomic E-state index is 0.412. The van der Waals surface area contributed by atoms with Gasteiger partial charge in [0.05, 0.1) is 0 Å². The molecule has 7 heteroatoms. The maximum atomic E-state index is 12.7. The first-order valence-corrected chi connectivity index (χ1v) is 9.00. The van der Waals surface area contributed by atoms with Crippen LogP contribution in [0.4, 0.5) is 0 Å². The van der Waals surface area contributed by atoms with E-state index in [1.807, 2.05) is 18.7 Å². The van der Waals surface area contributed by atoms with Crippen molar-refractivity contribution in [1.29, 1.82) is 0 Å². The number of aryl methyl sites for hydroxylation is 1. The lowest BCUT2D eigenvalue weighted by Crippen LogP contribution is -2.49.